The molecule has 1 aliphatic rings. The van der Waals surface area contributed by atoms with Gasteiger partial charge in [0.2, 0.25) is 0 Å². The van der Waals surface area contributed by atoms with E-state index in [1.807, 2.05) is 6.07 Å². The lowest BCUT2D eigenvalue weighted by atomic mass is 10.2. The Morgan fingerprint density at radius 3 is 2.93 bits per heavy atom. The molecule has 1 saturated carbocycles. The van der Waals surface area contributed by atoms with E-state index in [-0.39, 0.29) is 5.75 Å². The highest BCUT2D eigenvalue weighted by Crippen LogP contribution is 2.38. The largest absolute Gasteiger partial charge is 0.508 e. The van der Waals surface area contributed by atoms with Gasteiger partial charge in [-0.25, -0.2) is 0 Å². The monoisotopic (exact) mass is 202 g/mol. The molecule has 0 bridgehead atoms. The summed E-state index contributed by atoms with van der Waals surface area (Å²) in [5, 5.41) is 13.2. The van der Waals surface area contributed by atoms with Crippen molar-refractivity contribution in [2.45, 2.75) is 18.8 Å². The standard InChI is InChI=1S/C11H10N2O2/c14-9-3-1-2-8(6-9)11-12-10(13-15-11)7-4-5-7/h1-3,6-7,14H,4-5H2. The van der Waals surface area contributed by atoms with Gasteiger partial charge in [-0.2, -0.15) is 4.98 Å². The zero-order valence-electron chi connectivity index (χ0n) is 8.05. The fourth-order valence-electron chi connectivity index (χ4n) is 1.50. The summed E-state index contributed by atoms with van der Waals surface area (Å²) in [7, 11) is 0. The number of phenolic OH excluding ortho intramolecular Hbond substituents is 1. The molecule has 0 atom stereocenters. The predicted octanol–water partition coefficient (Wildman–Crippen LogP) is 2.32. The minimum Gasteiger partial charge on any atom is -0.508 e. The lowest BCUT2D eigenvalue weighted by molar-refractivity contribution is 0.422. The number of benzene rings is 1. The van der Waals surface area contributed by atoms with Crippen LogP contribution in [0.2, 0.25) is 0 Å². The highest BCUT2D eigenvalue weighted by Gasteiger charge is 2.28. The molecule has 1 aromatic heterocycles. The average Bonchev–Trinajstić information content (AvgIpc) is 2.97. The van der Waals surface area contributed by atoms with E-state index >= 15 is 0 Å². The molecule has 3 rings (SSSR count). The Kier molecular flexibility index (Phi) is 1.74. The molecule has 4 heteroatoms. The molecule has 1 heterocycles. The second-order valence-corrected chi connectivity index (χ2v) is 3.78. The summed E-state index contributed by atoms with van der Waals surface area (Å²) in [5.41, 5.74) is 0.759. The summed E-state index contributed by atoms with van der Waals surface area (Å²) in [6.07, 6.45) is 2.30. The van der Waals surface area contributed by atoms with Gasteiger partial charge < -0.3 is 9.63 Å². The van der Waals surface area contributed by atoms with Gasteiger partial charge in [0.05, 0.1) is 0 Å². The van der Waals surface area contributed by atoms with Crippen LogP contribution >= 0.6 is 0 Å². The molecule has 0 saturated heterocycles. The van der Waals surface area contributed by atoms with Crippen LogP contribution in [0.25, 0.3) is 11.5 Å². The van der Waals surface area contributed by atoms with Gasteiger partial charge in [0, 0.05) is 11.5 Å². The maximum absolute atomic E-state index is 9.31. The van der Waals surface area contributed by atoms with Crippen molar-refractivity contribution in [2.75, 3.05) is 0 Å². The fourth-order valence-corrected chi connectivity index (χ4v) is 1.50. The summed E-state index contributed by atoms with van der Waals surface area (Å²) >= 11 is 0. The van der Waals surface area contributed by atoms with Crippen molar-refractivity contribution < 1.29 is 9.63 Å². The second-order valence-electron chi connectivity index (χ2n) is 3.78. The van der Waals surface area contributed by atoms with Crippen molar-refractivity contribution >= 4 is 0 Å². The summed E-state index contributed by atoms with van der Waals surface area (Å²) < 4.78 is 5.13. The first-order valence-electron chi connectivity index (χ1n) is 4.96. The Morgan fingerprint density at radius 1 is 1.33 bits per heavy atom. The summed E-state index contributed by atoms with van der Waals surface area (Å²) in [5.74, 6) is 1.96. The Labute approximate surface area is 86.6 Å². The molecule has 1 fully saturated rings. The van der Waals surface area contributed by atoms with Crippen LogP contribution in [-0.2, 0) is 0 Å². The summed E-state index contributed by atoms with van der Waals surface area (Å²) in [4.78, 5) is 4.29. The summed E-state index contributed by atoms with van der Waals surface area (Å²) in [6, 6.07) is 6.82. The number of hydrogen-bond acceptors (Lipinski definition) is 4. The van der Waals surface area contributed by atoms with Crippen molar-refractivity contribution in [1.29, 1.82) is 0 Å². The number of aromatic nitrogens is 2. The van der Waals surface area contributed by atoms with Crippen LogP contribution in [0.1, 0.15) is 24.6 Å². The van der Waals surface area contributed by atoms with Crippen LogP contribution in [0.3, 0.4) is 0 Å². The quantitative estimate of drug-likeness (QED) is 0.811. The zero-order chi connectivity index (χ0) is 10.3. The zero-order valence-corrected chi connectivity index (χ0v) is 8.05. The van der Waals surface area contributed by atoms with E-state index in [0.29, 0.717) is 11.8 Å². The van der Waals surface area contributed by atoms with E-state index in [2.05, 4.69) is 10.1 Å². The van der Waals surface area contributed by atoms with Crippen LogP contribution in [0.4, 0.5) is 0 Å². The third-order valence-corrected chi connectivity index (χ3v) is 2.48. The normalized spacial score (nSPS) is 15.5. The van der Waals surface area contributed by atoms with Crippen LogP contribution in [0.15, 0.2) is 28.8 Å². The maximum Gasteiger partial charge on any atom is 0.258 e. The molecule has 76 valence electrons. The van der Waals surface area contributed by atoms with E-state index in [0.717, 1.165) is 24.2 Å². The Hall–Kier alpha value is -1.84. The van der Waals surface area contributed by atoms with E-state index in [9.17, 15) is 5.11 Å². The van der Waals surface area contributed by atoms with Gasteiger partial charge in [-0.1, -0.05) is 11.2 Å². The molecular formula is C11H10N2O2. The van der Waals surface area contributed by atoms with Gasteiger partial charge in [0.25, 0.3) is 5.89 Å². The molecule has 1 aromatic carbocycles. The Bertz CT molecular complexity index is 489. The molecular weight excluding hydrogens is 192 g/mol. The molecule has 2 aromatic rings. The smallest absolute Gasteiger partial charge is 0.258 e. The topological polar surface area (TPSA) is 59.2 Å². The summed E-state index contributed by atoms with van der Waals surface area (Å²) in [6.45, 7) is 0. The van der Waals surface area contributed by atoms with Crippen molar-refractivity contribution in [3.05, 3.63) is 30.1 Å². The lowest BCUT2D eigenvalue weighted by Gasteiger charge is -1.94. The average molecular weight is 202 g/mol. The van der Waals surface area contributed by atoms with E-state index in [1.165, 1.54) is 0 Å². The molecule has 1 aliphatic carbocycles. The molecule has 0 radical (unpaired) electrons. The predicted molar refractivity (Wildman–Crippen MR) is 53.4 cm³/mol. The minimum absolute atomic E-state index is 0.207. The Balaban J connectivity index is 1.97. The van der Waals surface area contributed by atoms with Gasteiger partial charge in [-0.15, -0.1) is 0 Å². The third-order valence-electron chi connectivity index (χ3n) is 2.48. The molecule has 0 amide bonds. The Morgan fingerprint density at radius 2 is 2.20 bits per heavy atom. The highest BCUT2D eigenvalue weighted by atomic mass is 16.5. The first kappa shape index (κ1) is 8.47. The van der Waals surface area contributed by atoms with Crippen molar-refractivity contribution in [3.63, 3.8) is 0 Å². The molecule has 4 nitrogen and oxygen atoms in total. The van der Waals surface area contributed by atoms with Gasteiger partial charge in [-0.05, 0) is 31.0 Å². The number of nitrogens with zero attached hydrogens (tertiary/aromatic N) is 2. The van der Waals surface area contributed by atoms with Gasteiger partial charge in [0.1, 0.15) is 5.75 Å². The molecule has 15 heavy (non-hydrogen) atoms. The van der Waals surface area contributed by atoms with E-state index < -0.39 is 0 Å². The SMILES string of the molecule is Oc1cccc(-c2nc(C3CC3)no2)c1. The van der Waals surface area contributed by atoms with Crippen LogP contribution in [-0.4, -0.2) is 15.2 Å². The minimum atomic E-state index is 0.207. The number of phenols is 1. The van der Waals surface area contributed by atoms with Crippen molar-refractivity contribution in [1.82, 2.24) is 10.1 Å². The maximum atomic E-state index is 9.31. The van der Waals surface area contributed by atoms with Gasteiger partial charge >= 0.3 is 0 Å². The molecule has 0 spiro atoms. The molecule has 1 N–H and O–H groups in total. The van der Waals surface area contributed by atoms with Crippen molar-refractivity contribution in [2.24, 2.45) is 0 Å². The van der Waals surface area contributed by atoms with Crippen LogP contribution in [0, 0.1) is 0 Å². The fraction of sp³-hybridized carbons (Fsp3) is 0.273. The number of rotatable bonds is 2. The molecule has 0 unspecified atom stereocenters. The van der Waals surface area contributed by atoms with Crippen molar-refractivity contribution in [3.8, 4) is 17.2 Å². The van der Waals surface area contributed by atoms with E-state index in [1.54, 1.807) is 18.2 Å². The van der Waals surface area contributed by atoms with Gasteiger partial charge in [0.15, 0.2) is 5.82 Å². The lowest BCUT2D eigenvalue weighted by Crippen LogP contribution is -1.82. The van der Waals surface area contributed by atoms with Crippen LogP contribution < -0.4 is 0 Å². The first-order chi connectivity index (χ1) is 7.33. The second kappa shape index (κ2) is 3.08. The van der Waals surface area contributed by atoms with Crippen LogP contribution in [0.5, 0.6) is 5.75 Å². The number of aromatic hydroxyl groups is 1. The third kappa shape index (κ3) is 1.58. The van der Waals surface area contributed by atoms with E-state index in [4.69, 9.17) is 4.52 Å². The molecule has 0 aliphatic heterocycles. The number of hydrogen-bond donors (Lipinski definition) is 1. The highest BCUT2D eigenvalue weighted by molar-refractivity contribution is 5.55. The first-order valence-corrected chi connectivity index (χ1v) is 4.96. The van der Waals surface area contributed by atoms with Gasteiger partial charge in [-0.3, -0.25) is 0 Å².